The monoisotopic (exact) mass is 501 g/mol. The van der Waals surface area contributed by atoms with E-state index in [4.69, 9.17) is 21.1 Å². The minimum atomic E-state index is -0.401. The van der Waals surface area contributed by atoms with Crippen molar-refractivity contribution in [2.45, 2.75) is 13.1 Å². The maximum absolute atomic E-state index is 13.6. The highest BCUT2D eigenvalue weighted by Gasteiger charge is 2.25. The van der Waals surface area contributed by atoms with Gasteiger partial charge in [0.25, 0.3) is 11.8 Å². The van der Waals surface area contributed by atoms with Gasteiger partial charge in [-0.1, -0.05) is 29.8 Å². The lowest BCUT2D eigenvalue weighted by molar-refractivity contribution is 0.0983. The van der Waals surface area contributed by atoms with Gasteiger partial charge in [0.2, 0.25) is 0 Å². The van der Waals surface area contributed by atoms with Crippen LogP contribution in [0.3, 0.4) is 0 Å². The number of carbonyl (C=O) groups excluding carboxylic acids is 2. The van der Waals surface area contributed by atoms with E-state index in [0.29, 0.717) is 30.1 Å². The third-order valence-electron chi connectivity index (χ3n) is 6.23. The summed E-state index contributed by atoms with van der Waals surface area (Å²) in [5.74, 6) is 0.209. The van der Waals surface area contributed by atoms with Crippen LogP contribution in [0.15, 0.2) is 79.0 Å². The molecule has 5 rings (SSSR count). The molecule has 182 valence electrons. The first-order valence-corrected chi connectivity index (χ1v) is 11.7. The summed E-state index contributed by atoms with van der Waals surface area (Å²) in [5.41, 5.74) is 4.34. The molecule has 4 aromatic rings. The molecule has 0 saturated heterocycles. The number of carbonyl (C=O) groups is 2. The van der Waals surface area contributed by atoms with Crippen LogP contribution in [0.4, 0.5) is 11.4 Å². The van der Waals surface area contributed by atoms with Crippen LogP contribution < -0.4 is 19.7 Å². The third-order valence-corrected chi connectivity index (χ3v) is 6.61. The Morgan fingerprint density at radius 2 is 1.67 bits per heavy atom. The van der Waals surface area contributed by atoms with E-state index in [9.17, 15) is 9.59 Å². The lowest BCUT2D eigenvalue weighted by Crippen LogP contribution is -2.30. The molecule has 8 heteroatoms. The molecular formula is C28H24ClN3O4. The highest BCUT2D eigenvalue weighted by molar-refractivity contribution is 6.36. The molecule has 0 saturated carbocycles. The van der Waals surface area contributed by atoms with E-state index >= 15 is 0 Å². The summed E-state index contributed by atoms with van der Waals surface area (Å²) in [7, 11) is 2.96. The number of benzene rings is 3. The van der Waals surface area contributed by atoms with Crippen LogP contribution in [-0.2, 0) is 13.1 Å². The first-order valence-electron chi connectivity index (χ1n) is 11.4. The van der Waals surface area contributed by atoms with Crippen LogP contribution in [0.2, 0.25) is 5.02 Å². The lowest BCUT2D eigenvalue weighted by Gasteiger charge is -2.23. The molecule has 0 spiro atoms. The summed E-state index contributed by atoms with van der Waals surface area (Å²) in [6, 6.07) is 22.0. The average molecular weight is 502 g/mol. The Bertz CT molecular complexity index is 1450. The Kier molecular flexibility index (Phi) is 6.40. The molecule has 1 aliphatic rings. The average Bonchev–Trinajstić information content (AvgIpc) is 3.27. The number of methoxy groups -OCH3 is 2. The highest BCUT2D eigenvalue weighted by atomic mass is 35.5. The lowest BCUT2D eigenvalue weighted by atomic mass is 10.1. The summed E-state index contributed by atoms with van der Waals surface area (Å²) < 4.78 is 12.7. The molecule has 36 heavy (non-hydrogen) atoms. The molecule has 0 atom stereocenters. The van der Waals surface area contributed by atoms with Crippen molar-refractivity contribution in [2.75, 3.05) is 24.4 Å². The van der Waals surface area contributed by atoms with Crippen LogP contribution in [0.1, 0.15) is 32.0 Å². The second-order valence-electron chi connectivity index (χ2n) is 8.34. The molecule has 0 radical (unpaired) electrons. The van der Waals surface area contributed by atoms with Gasteiger partial charge in [0.15, 0.2) is 11.5 Å². The summed E-state index contributed by atoms with van der Waals surface area (Å²) in [5, 5.41) is 2.98. The minimum Gasteiger partial charge on any atom is -0.493 e. The van der Waals surface area contributed by atoms with E-state index in [1.807, 2.05) is 42.6 Å². The second-order valence-corrected chi connectivity index (χ2v) is 8.72. The van der Waals surface area contributed by atoms with E-state index < -0.39 is 5.91 Å². The molecule has 0 aliphatic carbocycles. The van der Waals surface area contributed by atoms with Crippen molar-refractivity contribution in [3.8, 4) is 11.5 Å². The number of para-hydroxylation sites is 1. The van der Waals surface area contributed by atoms with E-state index in [1.54, 1.807) is 41.3 Å². The van der Waals surface area contributed by atoms with Crippen LogP contribution in [0.25, 0.3) is 0 Å². The van der Waals surface area contributed by atoms with Gasteiger partial charge in [0.05, 0.1) is 31.4 Å². The van der Waals surface area contributed by atoms with Crippen molar-refractivity contribution >= 4 is 34.8 Å². The number of aromatic nitrogens is 1. The van der Waals surface area contributed by atoms with Gasteiger partial charge in [-0.25, -0.2) is 0 Å². The van der Waals surface area contributed by atoms with E-state index in [2.05, 4.69) is 9.88 Å². The molecule has 0 bridgehead atoms. The minimum absolute atomic E-state index is 0.113. The number of amides is 2. The normalized spacial score (nSPS) is 12.2. The smallest absolute Gasteiger partial charge is 0.258 e. The van der Waals surface area contributed by atoms with Gasteiger partial charge in [-0.05, 0) is 60.2 Å². The van der Waals surface area contributed by atoms with Crippen molar-refractivity contribution in [3.63, 3.8) is 0 Å². The van der Waals surface area contributed by atoms with Crippen LogP contribution >= 0.6 is 11.6 Å². The van der Waals surface area contributed by atoms with Crippen molar-refractivity contribution in [1.82, 2.24) is 4.57 Å². The van der Waals surface area contributed by atoms with Crippen molar-refractivity contribution in [3.05, 3.63) is 106 Å². The maximum Gasteiger partial charge on any atom is 0.258 e. The van der Waals surface area contributed by atoms with Crippen molar-refractivity contribution < 1.29 is 19.1 Å². The topological polar surface area (TPSA) is 72.8 Å². The fourth-order valence-electron chi connectivity index (χ4n) is 4.38. The quantitative estimate of drug-likeness (QED) is 0.385. The van der Waals surface area contributed by atoms with Crippen LogP contribution in [-0.4, -0.2) is 30.6 Å². The number of ether oxygens (including phenoxy) is 2. The van der Waals surface area contributed by atoms with Gasteiger partial charge in [-0.3, -0.25) is 9.59 Å². The number of halogens is 1. The summed E-state index contributed by atoms with van der Waals surface area (Å²) in [6.45, 7) is 1.19. The number of nitrogens with zero attached hydrogens (tertiary/aromatic N) is 2. The second kappa shape index (κ2) is 9.79. The molecule has 2 amide bonds. The fraction of sp³-hybridized carbons (Fsp3) is 0.143. The molecule has 0 fully saturated rings. The molecule has 1 aliphatic heterocycles. The van der Waals surface area contributed by atoms with E-state index in [1.165, 1.54) is 14.2 Å². The van der Waals surface area contributed by atoms with Gasteiger partial charge in [-0.15, -0.1) is 0 Å². The zero-order valence-electron chi connectivity index (χ0n) is 19.8. The third kappa shape index (κ3) is 4.29. The number of hydrogen-bond acceptors (Lipinski definition) is 4. The van der Waals surface area contributed by atoms with Gasteiger partial charge in [-0.2, -0.15) is 0 Å². The van der Waals surface area contributed by atoms with E-state index in [0.717, 1.165) is 16.9 Å². The fourth-order valence-corrected chi connectivity index (χ4v) is 4.70. The Morgan fingerprint density at radius 1 is 0.889 bits per heavy atom. The highest BCUT2D eigenvalue weighted by Crippen LogP contribution is 2.37. The maximum atomic E-state index is 13.6. The zero-order chi connectivity index (χ0) is 25.2. The summed E-state index contributed by atoms with van der Waals surface area (Å²) in [6.07, 6.45) is 2.03. The number of hydrogen-bond donors (Lipinski definition) is 1. The Morgan fingerprint density at radius 3 is 2.42 bits per heavy atom. The Hall–Kier alpha value is -4.23. The van der Waals surface area contributed by atoms with Gasteiger partial charge >= 0.3 is 0 Å². The molecule has 1 aromatic heterocycles. The van der Waals surface area contributed by atoms with E-state index in [-0.39, 0.29) is 22.2 Å². The van der Waals surface area contributed by atoms with Crippen LogP contribution in [0.5, 0.6) is 11.5 Å². The SMILES string of the molecule is COc1ccc(C(=O)Nc2ccc(C(=O)N3Cc4cccn4Cc4ccccc43)cc2)c(Cl)c1OC. The van der Waals surface area contributed by atoms with Gasteiger partial charge in [0.1, 0.15) is 0 Å². The summed E-state index contributed by atoms with van der Waals surface area (Å²) >= 11 is 6.37. The first-order chi connectivity index (χ1) is 17.5. The summed E-state index contributed by atoms with van der Waals surface area (Å²) in [4.78, 5) is 28.2. The van der Waals surface area contributed by atoms with Crippen molar-refractivity contribution in [1.29, 1.82) is 0 Å². The standard InChI is InChI=1S/C28H24ClN3O4/c1-35-24-14-13-22(25(29)26(24)36-2)27(33)30-20-11-9-18(10-12-20)28(34)32-17-21-7-5-15-31(21)16-19-6-3-4-8-23(19)32/h3-15H,16-17H2,1-2H3,(H,30,33). The molecular weight excluding hydrogens is 478 g/mol. The van der Waals surface area contributed by atoms with Crippen molar-refractivity contribution in [2.24, 2.45) is 0 Å². The number of anilines is 2. The molecule has 0 unspecified atom stereocenters. The van der Waals surface area contributed by atoms with Gasteiger partial charge in [0, 0.05) is 35.4 Å². The molecule has 7 nitrogen and oxygen atoms in total. The Labute approximate surface area is 213 Å². The van der Waals surface area contributed by atoms with Crippen LogP contribution in [0, 0.1) is 0 Å². The predicted molar refractivity (Wildman–Crippen MR) is 139 cm³/mol. The number of fused-ring (bicyclic) bond motifs is 2. The molecule has 3 aromatic carbocycles. The Balaban J connectivity index is 1.37. The molecule has 2 heterocycles. The number of nitrogens with one attached hydrogen (secondary N) is 1. The van der Waals surface area contributed by atoms with Gasteiger partial charge < -0.3 is 24.3 Å². The largest absolute Gasteiger partial charge is 0.493 e. The first kappa shape index (κ1) is 23.5. The zero-order valence-corrected chi connectivity index (χ0v) is 20.6. The molecule has 1 N–H and O–H groups in total. The predicted octanol–water partition coefficient (Wildman–Crippen LogP) is 5.62. The number of rotatable bonds is 5.